The van der Waals surface area contributed by atoms with Gasteiger partial charge in [0.15, 0.2) is 10.8 Å². The minimum Gasteiger partial charge on any atom is -0.458 e. The topological polar surface area (TPSA) is 175 Å². The number of hydrogen-bond donors (Lipinski definition) is 2. The van der Waals surface area contributed by atoms with Crippen LogP contribution < -0.4 is 10.6 Å². The summed E-state index contributed by atoms with van der Waals surface area (Å²) in [6.45, 7) is 9.69. The summed E-state index contributed by atoms with van der Waals surface area (Å²) in [5.74, 6) is -2.95. The Hall–Kier alpha value is -6.00. The molecule has 7 rings (SSSR count). The lowest BCUT2D eigenvalue weighted by Crippen LogP contribution is -2.71. The number of fused-ring (bicyclic) bond motifs is 1. The molecule has 16 heteroatoms. The monoisotopic (exact) mass is 865 g/mol. The van der Waals surface area contributed by atoms with E-state index in [1.807, 2.05) is 91.0 Å². The fourth-order valence-electron chi connectivity index (χ4n) is 7.29. The van der Waals surface area contributed by atoms with Gasteiger partial charge in [-0.3, -0.25) is 19.3 Å². The molecule has 0 aliphatic carbocycles. The molecule has 4 aromatic rings. The van der Waals surface area contributed by atoms with Crippen LogP contribution in [0.2, 0.25) is 0 Å². The quantitative estimate of drug-likeness (QED) is 0.0384. The molecule has 2 saturated heterocycles. The van der Waals surface area contributed by atoms with E-state index in [0.717, 1.165) is 16.7 Å². The third kappa shape index (κ3) is 9.50. The normalized spacial score (nSPS) is 19.3. The number of anilines is 1. The van der Waals surface area contributed by atoms with Crippen LogP contribution in [-0.2, 0) is 48.6 Å². The van der Waals surface area contributed by atoms with Crippen molar-refractivity contribution in [1.29, 1.82) is 0 Å². The van der Waals surface area contributed by atoms with Gasteiger partial charge in [-0.05, 0) is 64.7 Å². The molecule has 0 saturated carbocycles. The van der Waals surface area contributed by atoms with E-state index in [2.05, 4.69) is 15.8 Å². The number of thiazole rings is 1. The molecule has 2 N–H and O–H groups in total. The summed E-state index contributed by atoms with van der Waals surface area (Å²) in [5, 5.41) is 11.9. The zero-order valence-electron chi connectivity index (χ0n) is 34.6. The molecule has 2 fully saturated rings. The van der Waals surface area contributed by atoms with Gasteiger partial charge >= 0.3 is 17.9 Å². The predicted molar refractivity (Wildman–Crippen MR) is 230 cm³/mol. The smallest absolute Gasteiger partial charge is 0.355 e. The van der Waals surface area contributed by atoms with Gasteiger partial charge in [-0.15, -0.1) is 23.1 Å². The molecule has 14 nitrogen and oxygen atoms in total. The van der Waals surface area contributed by atoms with Crippen molar-refractivity contribution in [2.24, 2.45) is 5.16 Å². The standard InChI is InChI=1S/C45H47N5O9S2/c1-43(2,3)58-34(52)24-56-49-35(38(53)47-36-39(54)50-37(41(55)59-44(4,5)6)30(25-60-40(36)50)32-22-23-33(51)57-32)31-26-61-42(46-31)48-45(27-16-10-7-11-17-27,28-18-12-8-13-19-28)29-20-14-9-15-21-29/h7-21,26,32,36,40H,22-25H2,1-6H3,(H,46,48)(H,47,53)/t32-,36+,40+/m0/s1. The van der Waals surface area contributed by atoms with E-state index < -0.39 is 64.6 Å². The zero-order chi connectivity index (χ0) is 43.5. The van der Waals surface area contributed by atoms with Crippen LogP contribution in [0.4, 0.5) is 5.13 Å². The first-order chi connectivity index (χ1) is 29.0. The summed E-state index contributed by atoms with van der Waals surface area (Å²) in [4.78, 5) is 78.2. The maximum Gasteiger partial charge on any atom is 0.355 e. The Morgan fingerprint density at radius 2 is 1.43 bits per heavy atom. The van der Waals surface area contributed by atoms with E-state index in [1.54, 1.807) is 46.9 Å². The SMILES string of the molecule is CC(C)(C)OC(=O)CON=C(C(=O)N[C@@H]1C(=O)N2C(C(=O)OC(C)(C)C)=C([C@@H]3CCC(=O)O3)CS[C@H]12)c1csc(NC(c2ccccc2)(c2ccccc2)c2ccccc2)n1. The lowest BCUT2D eigenvalue weighted by Gasteiger charge is -2.50. The predicted octanol–water partition coefficient (Wildman–Crippen LogP) is 6.31. The largest absolute Gasteiger partial charge is 0.458 e. The molecular formula is C45H47N5O9S2. The minimum atomic E-state index is -1.09. The summed E-state index contributed by atoms with van der Waals surface area (Å²) in [5.41, 5.74) is 0.509. The van der Waals surface area contributed by atoms with Gasteiger partial charge in [-0.1, -0.05) is 96.2 Å². The third-order valence-electron chi connectivity index (χ3n) is 9.78. The van der Waals surface area contributed by atoms with Crippen LogP contribution in [0.5, 0.6) is 0 Å². The highest BCUT2D eigenvalue weighted by Crippen LogP contribution is 2.44. The summed E-state index contributed by atoms with van der Waals surface area (Å²) < 4.78 is 16.6. The molecule has 61 heavy (non-hydrogen) atoms. The van der Waals surface area contributed by atoms with Crippen molar-refractivity contribution in [2.45, 2.75) is 88.6 Å². The molecular weight excluding hydrogens is 819 g/mol. The molecule has 2 amide bonds. The van der Waals surface area contributed by atoms with Gasteiger partial charge < -0.3 is 29.7 Å². The highest BCUT2D eigenvalue weighted by atomic mass is 32.2. The minimum absolute atomic E-state index is 0.0115. The van der Waals surface area contributed by atoms with Crippen molar-refractivity contribution >= 4 is 63.7 Å². The Balaban J connectivity index is 1.20. The molecule has 0 bridgehead atoms. The Kier molecular flexibility index (Phi) is 12.4. The fraction of sp³-hybridized carbons (Fsp3) is 0.356. The van der Waals surface area contributed by atoms with Crippen LogP contribution in [0.1, 0.15) is 76.8 Å². The molecule has 1 aromatic heterocycles. The molecule has 3 aromatic carbocycles. The summed E-state index contributed by atoms with van der Waals surface area (Å²) >= 11 is 2.55. The Morgan fingerprint density at radius 3 is 1.95 bits per heavy atom. The van der Waals surface area contributed by atoms with Crippen molar-refractivity contribution < 1.29 is 43.0 Å². The number of benzene rings is 3. The van der Waals surface area contributed by atoms with E-state index in [-0.39, 0.29) is 35.2 Å². The van der Waals surface area contributed by atoms with E-state index in [1.165, 1.54) is 28.0 Å². The van der Waals surface area contributed by atoms with E-state index >= 15 is 0 Å². The number of nitrogens with zero attached hydrogens (tertiary/aromatic N) is 3. The van der Waals surface area contributed by atoms with Gasteiger partial charge in [-0.25, -0.2) is 14.6 Å². The number of thioether (sulfide) groups is 1. The first kappa shape index (κ1) is 43.1. The van der Waals surface area contributed by atoms with Crippen molar-refractivity contribution in [3.63, 3.8) is 0 Å². The van der Waals surface area contributed by atoms with Crippen molar-refractivity contribution in [1.82, 2.24) is 15.2 Å². The van der Waals surface area contributed by atoms with Crippen LogP contribution >= 0.6 is 23.1 Å². The zero-order valence-corrected chi connectivity index (χ0v) is 36.3. The highest BCUT2D eigenvalue weighted by molar-refractivity contribution is 8.00. The van der Waals surface area contributed by atoms with Crippen LogP contribution in [0.3, 0.4) is 0 Å². The summed E-state index contributed by atoms with van der Waals surface area (Å²) in [6.07, 6.45) is -0.124. The number of amides is 2. The second-order valence-electron chi connectivity index (χ2n) is 16.6. The fourth-order valence-corrected chi connectivity index (χ4v) is 9.45. The van der Waals surface area contributed by atoms with E-state index in [0.29, 0.717) is 17.1 Å². The number of aromatic nitrogens is 1. The van der Waals surface area contributed by atoms with Crippen LogP contribution in [0.15, 0.2) is 113 Å². The lowest BCUT2D eigenvalue weighted by molar-refractivity contribution is -0.160. The van der Waals surface area contributed by atoms with Gasteiger partial charge in [0.2, 0.25) is 6.61 Å². The first-order valence-corrected chi connectivity index (χ1v) is 21.7. The number of oxime groups is 1. The molecule has 0 radical (unpaired) electrons. The maximum atomic E-state index is 14.3. The van der Waals surface area contributed by atoms with Crippen molar-refractivity contribution in [3.05, 3.63) is 130 Å². The highest BCUT2D eigenvalue weighted by Gasteiger charge is 2.56. The Labute approximate surface area is 362 Å². The van der Waals surface area contributed by atoms with E-state index in [9.17, 15) is 24.0 Å². The second kappa shape index (κ2) is 17.5. The van der Waals surface area contributed by atoms with Gasteiger partial charge in [0.25, 0.3) is 11.8 Å². The van der Waals surface area contributed by atoms with Gasteiger partial charge in [0.05, 0.1) is 0 Å². The van der Waals surface area contributed by atoms with Crippen molar-refractivity contribution in [2.75, 3.05) is 17.7 Å². The number of esters is 3. The van der Waals surface area contributed by atoms with Gasteiger partial charge in [0, 0.05) is 23.1 Å². The molecule has 3 atom stereocenters. The van der Waals surface area contributed by atoms with Crippen molar-refractivity contribution in [3.8, 4) is 0 Å². The molecule has 0 spiro atoms. The number of carbonyl (C=O) groups excluding carboxylic acids is 5. The molecule has 0 unspecified atom stereocenters. The van der Waals surface area contributed by atoms with Crippen LogP contribution in [0.25, 0.3) is 0 Å². The second-order valence-corrected chi connectivity index (χ2v) is 18.5. The van der Waals surface area contributed by atoms with E-state index in [4.69, 9.17) is 24.0 Å². The number of hydrogen-bond acceptors (Lipinski definition) is 14. The van der Waals surface area contributed by atoms with Gasteiger partial charge in [0.1, 0.15) is 45.7 Å². The Morgan fingerprint density at radius 1 is 0.852 bits per heavy atom. The van der Waals surface area contributed by atoms with Crippen LogP contribution in [0, 0.1) is 0 Å². The summed E-state index contributed by atoms with van der Waals surface area (Å²) in [6, 6.07) is 28.7. The number of carbonyl (C=O) groups is 5. The average Bonchev–Trinajstić information content (AvgIpc) is 3.88. The molecule has 4 heterocycles. The Bertz CT molecular complexity index is 2260. The maximum absolute atomic E-state index is 14.3. The molecule has 3 aliphatic rings. The number of cyclic esters (lactones) is 1. The first-order valence-electron chi connectivity index (χ1n) is 19.8. The molecule has 318 valence electrons. The third-order valence-corrected chi connectivity index (χ3v) is 11.8. The number of nitrogens with one attached hydrogen (secondary N) is 2. The summed E-state index contributed by atoms with van der Waals surface area (Å²) in [7, 11) is 0. The average molecular weight is 866 g/mol. The number of ether oxygens (including phenoxy) is 3. The molecule has 3 aliphatic heterocycles. The van der Waals surface area contributed by atoms with Crippen LogP contribution in [-0.4, -0.2) is 86.4 Å². The lowest BCUT2D eigenvalue weighted by atomic mass is 9.77. The number of rotatable bonds is 13. The van der Waals surface area contributed by atoms with Gasteiger partial charge in [-0.2, -0.15) is 0 Å². The number of β-lactam (4-membered cyclic amide) rings is 1.